The van der Waals surface area contributed by atoms with Gasteiger partial charge in [0, 0.05) is 12.0 Å². The zero-order valence-corrected chi connectivity index (χ0v) is 16.7. The zero-order chi connectivity index (χ0) is 20.9. The van der Waals surface area contributed by atoms with Gasteiger partial charge in [0.2, 0.25) is 4.77 Å². The zero-order valence-electron chi connectivity index (χ0n) is 15.9. The van der Waals surface area contributed by atoms with E-state index in [0.29, 0.717) is 28.3 Å². The van der Waals surface area contributed by atoms with Gasteiger partial charge in [0.15, 0.2) is 12.4 Å². The lowest BCUT2D eigenvalue weighted by Gasteiger charge is -2.07. The molecule has 4 aromatic rings. The maximum absolute atomic E-state index is 10.8. The lowest BCUT2D eigenvalue weighted by atomic mass is 10.0. The van der Waals surface area contributed by atoms with E-state index in [1.165, 1.54) is 0 Å². The average molecular weight is 418 g/mol. The largest absolute Gasteiger partial charge is 0.481 e. The van der Waals surface area contributed by atoms with Crippen molar-refractivity contribution in [1.82, 2.24) is 14.9 Å². The Hall–Kier alpha value is -3.78. The van der Waals surface area contributed by atoms with Crippen LogP contribution in [0.5, 0.6) is 5.75 Å². The molecule has 0 unspecified atom stereocenters. The molecule has 150 valence electrons. The molecule has 1 aromatic heterocycles. The molecule has 0 radical (unpaired) electrons. The summed E-state index contributed by atoms with van der Waals surface area (Å²) < 4.78 is 7.25. The molecule has 30 heavy (non-hydrogen) atoms. The Bertz CT molecular complexity index is 1290. The van der Waals surface area contributed by atoms with Gasteiger partial charge in [0.1, 0.15) is 5.75 Å². The van der Waals surface area contributed by atoms with E-state index in [1.54, 1.807) is 29.1 Å². The third kappa shape index (κ3) is 4.28. The van der Waals surface area contributed by atoms with E-state index in [0.717, 1.165) is 16.3 Å². The van der Waals surface area contributed by atoms with Crippen LogP contribution in [0.15, 0.2) is 71.8 Å². The van der Waals surface area contributed by atoms with Gasteiger partial charge in [-0.25, -0.2) is 4.79 Å². The molecule has 8 heteroatoms. The topological polar surface area (TPSA) is 92.5 Å². The molecule has 4 rings (SSSR count). The van der Waals surface area contributed by atoms with Crippen LogP contribution in [-0.2, 0) is 11.2 Å². The minimum absolute atomic E-state index is 0.366. The Balaban J connectivity index is 1.64. The van der Waals surface area contributed by atoms with Gasteiger partial charge in [0.05, 0.1) is 6.21 Å². The normalized spacial score (nSPS) is 11.2. The highest BCUT2D eigenvalue weighted by molar-refractivity contribution is 7.71. The molecule has 0 bridgehead atoms. The molecule has 0 fully saturated rings. The summed E-state index contributed by atoms with van der Waals surface area (Å²) in [5, 5.41) is 22.7. The van der Waals surface area contributed by atoms with Gasteiger partial charge < -0.3 is 9.84 Å². The maximum atomic E-state index is 10.8. The third-order valence-corrected chi connectivity index (χ3v) is 4.79. The summed E-state index contributed by atoms with van der Waals surface area (Å²) in [4.78, 5) is 10.8. The molecule has 7 nitrogen and oxygen atoms in total. The summed E-state index contributed by atoms with van der Waals surface area (Å²) in [5.41, 5.74) is 1.75. The van der Waals surface area contributed by atoms with Crippen LogP contribution >= 0.6 is 12.2 Å². The molecular formula is C22H18N4O3S. The van der Waals surface area contributed by atoms with Crippen LogP contribution < -0.4 is 4.74 Å². The molecule has 0 aliphatic heterocycles. The first-order chi connectivity index (χ1) is 14.6. The van der Waals surface area contributed by atoms with Crippen molar-refractivity contribution in [3.05, 3.63) is 88.5 Å². The van der Waals surface area contributed by atoms with Crippen molar-refractivity contribution in [1.29, 1.82) is 0 Å². The van der Waals surface area contributed by atoms with Gasteiger partial charge in [-0.15, -0.1) is 0 Å². The number of fused-ring (bicyclic) bond motifs is 1. The van der Waals surface area contributed by atoms with Crippen LogP contribution in [0.1, 0.15) is 17.0 Å². The number of hydrogen-bond donors (Lipinski definition) is 2. The molecule has 0 aliphatic rings. The lowest BCUT2D eigenvalue weighted by Crippen LogP contribution is -2.10. The molecule has 0 amide bonds. The average Bonchev–Trinajstić information content (AvgIpc) is 3.10. The number of nitrogens with one attached hydrogen (secondary N) is 1. The number of H-pyrrole nitrogens is 1. The molecule has 0 aliphatic carbocycles. The van der Waals surface area contributed by atoms with E-state index in [4.69, 9.17) is 22.1 Å². The predicted octanol–water partition coefficient (Wildman–Crippen LogP) is 4.03. The lowest BCUT2D eigenvalue weighted by molar-refractivity contribution is -0.139. The van der Waals surface area contributed by atoms with Crippen molar-refractivity contribution in [3.63, 3.8) is 0 Å². The Morgan fingerprint density at radius 2 is 1.90 bits per heavy atom. The van der Waals surface area contributed by atoms with E-state index in [-0.39, 0.29) is 0 Å². The number of para-hydroxylation sites is 1. The summed E-state index contributed by atoms with van der Waals surface area (Å²) >= 11 is 5.34. The van der Waals surface area contributed by atoms with Gasteiger partial charge >= 0.3 is 5.97 Å². The van der Waals surface area contributed by atoms with E-state index in [1.807, 2.05) is 24.3 Å². The van der Waals surface area contributed by atoms with Gasteiger partial charge in [-0.2, -0.15) is 14.9 Å². The number of aromatic amines is 1. The summed E-state index contributed by atoms with van der Waals surface area (Å²) in [5.74, 6) is 0.0435. The minimum atomic E-state index is -1.05. The third-order valence-electron chi connectivity index (χ3n) is 4.53. The van der Waals surface area contributed by atoms with Gasteiger partial charge in [-0.3, -0.25) is 5.10 Å². The summed E-state index contributed by atoms with van der Waals surface area (Å²) in [6.45, 7) is -0.428. The molecule has 0 atom stereocenters. The number of benzene rings is 3. The van der Waals surface area contributed by atoms with Crippen molar-refractivity contribution in [2.24, 2.45) is 5.10 Å². The fraction of sp³-hybridized carbons (Fsp3) is 0.0909. The Kier molecular flexibility index (Phi) is 5.67. The Labute approximate surface area is 177 Å². The first kappa shape index (κ1) is 19.5. The second kappa shape index (κ2) is 8.71. The van der Waals surface area contributed by atoms with Crippen molar-refractivity contribution >= 4 is 35.2 Å². The van der Waals surface area contributed by atoms with Crippen LogP contribution in [0.25, 0.3) is 10.8 Å². The second-order valence-electron chi connectivity index (χ2n) is 6.54. The highest BCUT2D eigenvalue weighted by Gasteiger charge is 2.10. The maximum Gasteiger partial charge on any atom is 0.341 e. The quantitative estimate of drug-likeness (QED) is 0.349. The predicted molar refractivity (Wildman–Crippen MR) is 117 cm³/mol. The van der Waals surface area contributed by atoms with Crippen molar-refractivity contribution in [3.8, 4) is 5.75 Å². The van der Waals surface area contributed by atoms with E-state index in [9.17, 15) is 4.79 Å². The molecular weight excluding hydrogens is 400 g/mol. The SMILES string of the molecule is O=C(O)COc1ccccc1/C=N\n1c(Cc2cccc3ccccc23)n[nH]c1=S. The first-order valence-electron chi connectivity index (χ1n) is 9.23. The molecule has 3 aromatic carbocycles. The Morgan fingerprint density at radius 3 is 2.77 bits per heavy atom. The van der Waals surface area contributed by atoms with Crippen molar-refractivity contribution < 1.29 is 14.6 Å². The fourth-order valence-electron chi connectivity index (χ4n) is 3.15. The standard InChI is InChI=1S/C22H18N4O3S/c27-21(28)14-29-19-11-4-2-7-17(19)13-23-26-20(24-25-22(26)30)12-16-9-5-8-15-6-1-3-10-18(15)16/h1-11,13H,12,14H2,(H,25,30)(H,27,28)/b23-13-. The highest BCUT2D eigenvalue weighted by atomic mass is 32.1. The number of rotatable bonds is 7. The number of aromatic nitrogens is 3. The minimum Gasteiger partial charge on any atom is -0.481 e. The van der Waals surface area contributed by atoms with Gasteiger partial charge in [-0.1, -0.05) is 54.6 Å². The number of carboxylic acids is 1. The number of carbonyl (C=O) groups is 1. The van der Waals surface area contributed by atoms with E-state index in [2.05, 4.69) is 39.6 Å². The number of carboxylic acid groups (broad SMARTS) is 1. The second-order valence-corrected chi connectivity index (χ2v) is 6.92. The van der Waals surface area contributed by atoms with Crippen LogP contribution in [0.2, 0.25) is 0 Å². The highest BCUT2D eigenvalue weighted by Crippen LogP contribution is 2.21. The van der Waals surface area contributed by atoms with Crippen molar-refractivity contribution in [2.75, 3.05) is 6.61 Å². The summed E-state index contributed by atoms with van der Waals surface area (Å²) in [7, 11) is 0. The molecule has 2 N–H and O–H groups in total. The van der Waals surface area contributed by atoms with Crippen molar-refractivity contribution in [2.45, 2.75) is 6.42 Å². The molecule has 0 spiro atoms. The molecule has 0 saturated carbocycles. The number of ether oxygens (including phenoxy) is 1. The fourth-order valence-corrected chi connectivity index (χ4v) is 3.35. The monoisotopic (exact) mass is 418 g/mol. The van der Waals surface area contributed by atoms with Gasteiger partial charge in [-0.05, 0) is 40.7 Å². The first-order valence-corrected chi connectivity index (χ1v) is 9.63. The van der Waals surface area contributed by atoms with Crippen LogP contribution in [0.3, 0.4) is 0 Å². The van der Waals surface area contributed by atoms with E-state index >= 15 is 0 Å². The summed E-state index contributed by atoms with van der Waals surface area (Å²) in [6, 6.07) is 21.4. The molecule has 0 saturated heterocycles. The van der Waals surface area contributed by atoms with E-state index < -0.39 is 12.6 Å². The number of hydrogen-bond acceptors (Lipinski definition) is 5. The van der Waals surface area contributed by atoms with Crippen LogP contribution in [-0.4, -0.2) is 38.8 Å². The summed E-state index contributed by atoms with van der Waals surface area (Å²) in [6.07, 6.45) is 2.12. The van der Waals surface area contributed by atoms with Crippen LogP contribution in [0.4, 0.5) is 0 Å². The van der Waals surface area contributed by atoms with Crippen LogP contribution in [0, 0.1) is 4.77 Å². The smallest absolute Gasteiger partial charge is 0.341 e. The Morgan fingerprint density at radius 1 is 1.13 bits per heavy atom. The number of aliphatic carboxylic acids is 1. The molecule has 1 heterocycles. The van der Waals surface area contributed by atoms with Gasteiger partial charge in [0.25, 0.3) is 0 Å². The number of nitrogens with zero attached hydrogens (tertiary/aromatic N) is 3.